The summed E-state index contributed by atoms with van der Waals surface area (Å²) in [6.45, 7) is 5.81. The highest BCUT2D eigenvalue weighted by atomic mass is 32.2. The molecule has 2 N–H and O–H groups in total. The van der Waals surface area contributed by atoms with E-state index < -0.39 is 22.0 Å². The summed E-state index contributed by atoms with van der Waals surface area (Å²) in [7, 11) is -3.85. The molecule has 8 nitrogen and oxygen atoms in total. The number of benzene rings is 2. The molecule has 0 aliphatic carbocycles. The van der Waals surface area contributed by atoms with Crippen LogP contribution in [0.5, 0.6) is 5.75 Å². The molecule has 2 amide bonds. The molecule has 2 heterocycles. The van der Waals surface area contributed by atoms with Gasteiger partial charge in [0, 0.05) is 24.8 Å². The van der Waals surface area contributed by atoms with Crippen molar-refractivity contribution in [2.45, 2.75) is 51.0 Å². The van der Waals surface area contributed by atoms with Gasteiger partial charge in [-0.05, 0) is 62.4 Å². The number of ether oxygens (including phenoxy) is 1. The molecule has 0 bridgehead atoms. The number of piperidine rings is 1. The van der Waals surface area contributed by atoms with E-state index in [0.717, 1.165) is 17.7 Å². The molecule has 33 heavy (non-hydrogen) atoms. The van der Waals surface area contributed by atoms with Crippen LogP contribution in [-0.2, 0) is 26.0 Å². The van der Waals surface area contributed by atoms with Crippen LogP contribution in [0.4, 0.5) is 11.4 Å². The Morgan fingerprint density at radius 3 is 2.82 bits per heavy atom. The normalized spacial score (nSPS) is 21.0. The molecule has 0 radical (unpaired) electrons. The van der Waals surface area contributed by atoms with Crippen molar-refractivity contribution in [1.82, 2.24) is 4.31 Å². The summed E-state index contributed by atoms with van der Waals surface area (Å²) in [5.74, 6) is -0.558. The lowest BCUT2D eigenvalue weighted by atomic mass is 9.98. The average Bonchev–Trinajstić information content (AvgIpc) is 2.80. The van der Waals surface area contributed by atoms with Crippen LogP contribution in [0.1, 0.15) is 37.8 Å². The maximum Gasteiger partial charge on any atom is 0.265 e. The number of fused-ring (bicyclic) bond motifs is 1. The lowest BCUT2D eigenvalue weighted by molar-refractivity contribution is -0.123. The van der Waals surface area contributed by atoms with Gasteiger partial charge in [0.05, 0.1) is 16.5 Å². The fraction of sp³-hybridized carbons (Fsp3) is 0.417. The Morgan fingerprint density at radius 1 is 1.27 bits per heavy atom. The zero-order valence-corrected chi connectivity index (χ0v) is 19.9. The largest absolute Gasteiger partial charge is 0.479 e. The second kappa shape index (κ2) is 9.15. The number of hydrogen-bond acceptors (Lipinski definition) is 5. The fourth-order valence-electron chi connectivity index (χ4n) is 4.25. The van der Waals surface area contributed by atoms with E-state index in [4.69, 9.17) is 4.74 Å². The highest BCUT2D eigenvalue weighted by molar-refractivity contribution is 7.89. The number of nitrogens with one attached hydrogen (secondary N) is 2. The minimum atomic E-state index is -3.85. The molecule has 2 aliphatic heterocycles. The monoisotopic (exact) mass is 471 g/mol. The van der Waals surface area contributed by atoms with Crippen LogP contribution in [0.25, 0.3) is 0 Å². The van der Waals surface area contributed by atoms with Gasteiger partial charge in [-0.2, -0.15) is 4.31 Å². The quantitative estimate of drug-likeness (QED) is 0.696. The number of rotatable bonds is 5. The second-order valence-corrected chi connectivity index (χ2v) is 10.5. The Labute approximate surface area is 194 Å². The van der Waals surface area contributed by atoms with Crippen molar-refractivity contribution in [2.24, 2.45) is 5.92 Å². The Bertz CT molecular complexity index is 1190. The van der Waals surface area contributed by atoms with Crippen molar-refractivity contribution in [3.05, 3.63) is 47.5 Å². The number of carbonyl (C=O) groups is 2. The molecular weight excluding hydrogens is 442 g/mol. The molecule has 2 aliphatic rings. The summed E-state index contributed by atoms with van der Waals surface area (Å²) in [4.78, 5) is 24.9. The smallest absolute Gasteiger partial charge is 0.265 e. The molecular formula is C24H29N3O5S. The van der Waals surface area contributed by atoms with E-state index in [1.807, 2.05) is 31.2 Å². The van der Waals surface area contributed by atoms with Crippen molar-refractivity contribution in [1.29, 1.82) is 0 Å². The number of hydrogen-bond donors (Lipinski definition) is 2. The van der Waals surface area contributed by atoms with Gasteiger partial charge in [0.15, 0.2) is 6.10 Å². The van der Waals surface area contributed by atoms with E-state index in [2.05, 4.69) is 10.6 Å². The first kappa shape index (κ1) is 23.3. The summed E-state index contributed by atoms with van der Waals surface area (Å²) < 4.78 is 34.0. The van der Waals surface area contributed by atoms with E-state index in [-0.39, 0.29) is 23.3 Å². The van der Waals surface area contributed by atoms with Crippen molar-refractivity contribution < 1.29 is 22.7 Å². The van der Waals surface area contributed by atoms with Crippen LogP contribution in [0.15, 0.2) is 41.3 Å². The third-order valence-corrected chi connectivity index (χ3v) is 8.19. The Hall–Kier alpha value is -2.91. The van der Waals surface area contributed by atoms with E-state index in [1.165, 1.54) is 10.4 Å². The average molecular weight is 472 g/mol. The van der Waals surface area contributed by atoms with E-state index in [9.17, 15) is 18.0 Å². The van der Waals surface area contributed by atoms with E-state index in [0.29, 0.717) is 36.4 Å². The first-order chi connectivity index (χ1) is 15.7. The molecule has 2 aromatic carbocycles. The van der Waals surface area contributed by atoms with Crippen LogP contribution >= 0.6 is 0 Å². The maximum absolute atomic E-state index is 13.5. The molecule has 2 aromatic rings. The lowest BCUT2D eigenvalue weighted by Gasteiger charge is -2.32. The van der Waals surface area contributed by atoms with Gasteiger partial charge < -0.3 is 15.4 Å². The number of sulfonamides is 1. The Kier molecular flexibility index (Phi) is 6.45. The molecule has 0 aromatic heterocycles. The predicted octanol–water partition coefficient (Wildman–Crippen LogP) is 3.32. The van der Waals surface area contributed by atoms with E-state index >= 15 is 0 Å². The fourth-order valence-corrected chi connectivity index (χ4v) is 5.99. The van der Waals surface area contributed by atoms with Gasteiger partial charge in [0.25, 0.3) is 5.91 Å². The predicted molar refractivity (Wildman–Crippen MR) is 126 cm³/mol. The molecule has 0 saturated carbocycles. The number of nitrogens with zero attached hydrogens (tertiary/aromatic N) is 1. The summed E-state index contributed by atoms with van der Waals surface area (Å²) in [5, 5.41) is 5.68. The van der Waals surface area contributed by atoms with Gasteiger partial charge >= 0.3 is 0 Å². The van der Waals surface area contributed by atoms with E-state index in [1.54, 1.807) is 19.9 Å². The number of carbonyl (C=O) groups excluding carboxylic acids is 2. The first-order valence-corrected chi connectivity index (χ1v) is 12.6. The standard InChI is InChI=1S/C24H29N3O5S/c1-4-17-7-5-9-19(12-17)25-24(29)18-8-6-10-27(14-18)33(30,31)22-13-21-20(11-15(22)2)26-23(28)16(3)32-21/h5,7,9,11-13,16,18H,4,6,8,10,14H2,1-3H3,(H,25,29)(H,26,28). The van der Waals surface area contributed by atoms with Crippen molar-refractivity contribution in [2.75, 3.05) is 23.7 Å². The molecule has 4 rings (SSSR count). The third kappa shape index (κ3) is 4.74. The number of anilines is 2. The zero-order chi connectivity index (χ0) is 23.8. The zero-order valence-electron chi connectivity index (χ0n) is 19.1. The molecule has 176 valence electrons. The van der Waals surface area contributed by atoms with Crippen molar-refractivity contribution >= 4 is 33.2 Å². The van der Waals surface area contributed by atoms with Crippen LogP contribution in [-0.4, -0.2) is 43.7 Å². The minimum absolute atomic E-state index is 0.117. The Morgan fingerprint density at radius 2 is 2.06 bits per heavy atom. The number of aryl methyl sites for hydroxylation is 2. The van der Waals surface area contributed by atoms with Gasteiger partial charge in [-0.1, -0.05) is 19.1 Å². The van der Waals surface area contributed by atoms with Gasteiger partial charge in [0.2, 0.25) is 15.9 Å². The maximum atomic E-state index is 13.5. The van der Waals surface area contributed by atoms with Crippen molar-refractivity contribution in [3.63, 3.8) is 0 Å². The number of amides is 2. The highest BCUT2D eigenvalue weighted by Gasteiger charge is 2.35. The second-order valence-electron chi connectivity index (χ2n) is 8.61. The summed E-state index contributed by atoms with van der Waals surface area (Å²) in [6, 6.07) is 10.8. The van der Waals surface area contributed by atoms with Gasteiger partial charge in [-0.15, -0.1) is 0 Å². The van der Waals surface area contributed by atoms with Crippen LogP contribution in [0.3, 0.4) is 0 Å². The molecule has 2 atom stereocenters. The molecule has 9 heteroatoms. The van der Waals surface area contributed by atoms with Gasteiger partial charge in [-0.25, -0.2) is 8.42 Å². The topological polar surface area (TPSA) is 105 Å². The highest BCUT2D eigenvalue weighted by Crippen LogP contribution is 2.36. The molecule has 2 unspecified atom stereocenters. The molecule has 1 fully saturated rings. The summed E-state index contributed by atoms with van der Waals surface area (Å²) in [6.07, 6.45) is 1.39. The van der Waals surface area contributed by atoms with Crippen LogP contribution in [0, 0.1) is 12.8 Å². The SMILES string of the molecule is CCc1cccc(NC(=O)C2CCCN(S(=O)(=O)c3cc4c(cc3C)NC(=O)C(C)O4)C2)c1. The van der Waals surface area contributed by atoms with Crippen LogP contribution < -0.4 is 15.4 Å². The third-order valence-electron chi connectivity index (χ3n) is 6.18. The Balaban J connectivity index is 1.53. The molecule has 1 saturated heterocycles. The lowest BCUT2D eigenvalue weighted by Crippen LogP contribution is -2.44. The molecule has 0 spiro atoms. The van der Waals surface area contributed by atoms with Crippen LogP contribution in [0.2, 0.25) is 0 Å². The van der Waals surface area contributed by atoms with Gasteiger partial charge in [-0.3, -0.25) is 9.59 Å². The summed E-state index contributed by atoms with van der Waals surface area (Å²) >= 11 is 0. The van der Waals surface area contributed by atoms with Crippen molar-refractivity contribution in [3.8, 4) is 5.75 Å². The summed E-state index contributed by atoms with van der Waals surface area (Å²) in [5.41, 5.74) is 2.81. The first-order valence-electron chi connectivity index (χ1n) is 11.2. The van der Waals surface area contributed by atoms with Gasteiger partial charge in [0.1, 0.15) is 5.75 Å². The minimum Gasteiger partial charge on any atom is -0.479 e.